The highest BCUT2D eigenvalue weighted by Crippen LogP contribution is 2.20. The smallest absolute Gasteiger partial charge is 0.277 e. The standard InChI is InChI=1S/C19H16N2O3/c1-2-3-11-21(14-16-10-7-12-23-16)19(22)17-13-18(24-20-17)15-8-5-4-6-9-15/h4-10,12-13H,11,14H2,1H3. The highest BCUT2D eigenvalue weighted by atomic mass is 16.5. The maximum absolute atomic E-state index is 12.7. The Labute approximate surface area is 139 Å². The Kier molecular flexibility index (Phi) is 4.78. The third-order valence-corrected chi connectivity index (χ3v) is 3.45. The largest absolute Gasteiger partial charge is 0.467 e. The molecule has 2 aromatic heterocycles. The van der Waals surface area contributed by atoms with Gasteiger partial charge in [0.2, 0.25) is 0 Å². The molecule has 0 unspecified atom stereocenters. The van der Waals surface area contributed by atoms with Crippen LogP contribution in [0, 0.1) is 11.8 Å². The zero-order valence-corrected chi connectivity index (χ0v) is 13.2. The monoisotopic (exact) mass is 320 g/mol. The molecule has 0 aliphatic carbocycles. The molecule has 0 fully saturated rings. The topological polar surface area (TPSA) is 59.5 Å². The molecule has 0 saturated carbocycles. The minimum atomic E-state index is -0.250. The fourth-order valence-electron chi connectivity index (χ4n) is 2.24. The van der Waals surface area contributed by atoms with Crippen LogP contribution < -0.4 is 0 Å². The van der Waals surface area contributed by atoms with Crippen LogP contribution in [0.1, 0.15) is 23.2 Å². The van der Waals surface area contributed by atoms with Crippen LogP contribution >= 0.6 is 0 Å². The summed E-state index contributed by atoms with van der Waals surface area (Å²) in [5, 5.41) is 3.91. The van der Waals surface area contributed by atoms with Crippen molar-refractivity contribution in [2.75, 3.05) is 6.54 Å². The third-order valence-electron chi connectivity index (χ3n) is 3.45. The molecule has 0 aliphatic heterocycles. The van der Waals surface area contributed by atoms with E-state index in [-0.39, 0.29) is 11.6 Å². The van der Waals surface area contributed by atoms with E-state index in [4.69, 9.17) is 8.94 Å². The number of aromatic nitrogens is 1. The van der Waals surface area contributed by atoms with E-state index in [2.05, 4.69) is 17.0 Å². The van der Waals surface area contributed by atoms with Crippen molar-refractivity contribution >= 4 is 5.91 Å². The Bertz CT molecular complexity index is 855. The fourth-order valence-corrected chi connectivity index (χ4v) is 2.24. The van der Waals surface area contributed by atoms with Crippen LogP contribution in [0.25, 0.3) is 11.3 Å². The van der Waals surface area contributed by atoms with Gasteiger partial charge in [0.1, 0.15) is 5.76 Å². The summed E-state index contributed by atoms with van der Waals surface area (Å²) < 4.78 is 10.6. The number of benzene rings is 1. The van der Waals surface area contributed by atoms with Gasteiger partial charge in [0.05, 0.1) is 19.4 Å². The van der Waals surface area contributed by atoms with Crippen LogP contribution in [0.5, 0.6) is 0 Å². The number of hydrogen-bond donors (Lipinski definition) is 0. The van der Waals surface area contributed by atoms with E-state index in [1.54, 1.807) is 30.2 Å². The highest BCUT2D eigenvalue weighted by Gasteiger charge is 2.21. The second-order valence-corrected chi connectivity index (χ2v) is 5.11. The van der Waals surface area contributed by atoms with Crippen molar-refractivity contribution in [3.63, 3.8) is 0 Å². The van der Waals surface area contributed by atoms with E-state index in [9.17, 15) is 4.79 Å². The lowest BCUT2D eigenvalue weighted by molar-refractivity contribution is 0.0745. The van der Waals surface area contributed by atoms with E-state index in [0.717, 1.165) is 5.56 Å². The molecular formula is C19H16N2O3. The first kappa shape index (κ1) is 15.6. The average Bonchev–Trinajstić information content (AvgIpc) is 3.30. The molecular weight excluding hydrogens is 304 g/mol. The molecule has 24 heavy (non-hydrogen) atoms. The minimum Gasteiger partial charge on any atom is -0.467 e. The maximum Gasteiger partial charge on any atom is 0.277 e. The summed E-state index contributed by atoms with van der Waals surface area (Å²) in [7, 11) is 0. The summed E-state index contributed by atoms with van der Waals surface area (Å²) >= 11 is 0. The molecule has 5 heteroatoms. The molecule has 0 spiro atoms. The Morgan fingerprint density at radius 1 is 1.21 bits per heavy atom. The Balaban J connectivity index is 1.81. The molecule has 0 N–H and O–H groups in total. The molecule has 0 aliphatic rings. The van der Waals surface area contributed by atoms with E-state index < -0.39 is 0 Å². The summed E-state index contributed by atoms with van der Waals surface area (Å²) in [5.74, 6) is 6.69. The van der Waals surface area contributed by atoms with Crippen LogP contribution in [-0.4, -0.2) is 22.5 Å². The van der Waals surface area contributed by atoms with Crippen molar-refractivity contribution in [1.29, 1.82) is 0 Å². The number of nitrogens with zero attached hydrogens (tertiary/aromatic N) is 2. The quantitative estimate of drug-likeness (QED) is 0.674. The average molecular weight is 320 g/mol. The molecule has 2 heterocycles. The van der Waals surface area contributed by atoms with E-state index in [0.29, 0.717) is 24.6 Å². The van der Waals surface area contributed by atoms with Gasteiger partial charge in [-0.1, -0.05) is 41.4 Å². The Morgan fingerprint density at radius 3 is 2.75 bits per heavy atom. The molecule has 120 valence electrons. The molecule has 3 rings (SSSR count). The van der Waals surface area contributed by atoms with Crippen molar-refractivity contribution in [3.05, 3.63) is 66.2 Å². The van der Waals surface area contributed by atoms with Crippen molar-refractivity contribution in [2.24, 2.45) is 0 Å². The number of hydrogen-bond acceptors (Lipinski definition) is 4. The van der Waals surface area contributed by atoms with Crippen LogP contribution in [0.15, 0.2) is 63.7 Å². The summed E-state index contributed by atoms with van der Waals surface area (Å²) in [6.07, 6.45) is 1.58. The normalized spacial score (nSPS) is 10.0. The zero-order chi connectivity index (χ0) is 16.8. The first-order valence-electron chi connectivity index (χ1n) is 7.51. The number of carbonyl (C=O) groups excluding carboxylic acids is 1. The van der Waals surface area contributed by atoms with Gasteiger partial charge in [-0.2, -0.15) is 0 Å². The summed E-state index contributed by atoms with van der Waals surface area (Å²) in [4.78, 5) is 14.3. The van der Waals surface area contributed by atoms with Crippen LogP contribution in [0.4, 0.5) is 0 Å². The van der Waals surface area contributed by atoms with Crippen molar-refractivity contribution < 1.29 is 13.7 Å². The fraction of sp³-hybridized carbons (Fsp3) is 0.158. The molecule has 3 aromatic rings. The lowest BCUT2D eigenvalue weighted by Crippen LogP contribution is -2.31. The summed E-state index contributed by atoms with van der Waals surface area (Å²) in [6, 6.07) is 14.8. The van der Waals surface area contributed by atoms with Gasteiger partial charge < -0.3 is 13.8 Å². The van der Waals surface area contributed by atoms with E-state index >= 15 is 0 Å². The lowest BCUT2D eigenvalue weighted by atomic mass is 10.1. The van der Waals surface area contributed by atoms with Gasteiger partial charge in [-0.3, -0.25) is 4.79 Å². The Morgan fingerprint density at radius 2 is 2.04 bits per heavy atom. The van der Waals surface area contributed by atoms with Gasteiger partial charge in [0.15, 0.2) is 11.5 Å². The first-order chi connectivity index (χ1) is 11.8. The van der Waals surface area contributed by atoms with E-state index in [1.165, 1.54) is 0 Å². The number of rotatable bonds is 5. The number of amides is 1. The number of carbonyl (C=O) groups is 1. The third kappa shape index (κ3) is 3.55. The predicted octanol–water partition coefficient (Wildman–Crippen LogP) is 3.60. The molecule has 0 bridgehead atoms. The Hall–Kier alpha value is -3.26. The summed E-state index contributed by atoms with van der Waals surface area (Å²) in [5.41, 5.74) is 1.12. The molecule has 0 saturated heterocycles. The van der Waals surface area contributed by atoms with Crippen molar-refractivity contribution in [3.8, 4) is 23.2 Å². The van der Waals surface area contributed by atoms with Crippen LogP contribution in [-0.2, 0) is 6.54 Å². The van der Waals surface area contributed by atoms with Crippen LogP contribution in [0.2, 0.25) is 0 Å². The van der Waals surface area contributed by atoms with Crippen molar-refractivity contribution in [1.82, 2.24) is 10.1 Å². The minimum absolute atomic E-state index is 0.248. The van der Waals surface area contributed by atoms with Crippen LogP contribution in [0.3, 0.4) is 0 Å². The molecule has 1 aromatic carbocycles. The first-order valence-corrected chi connectivity index (χ1v) is 7.51. The SMILES string of the molecule is CC#CCN(Cc1ccco1)C(=O)c1cc(-c2ccccc2)on1. The van der Waals surface area contributed by atoms with Gasteiger partial charge in [-0.25, -0.2) is 0 Å². The van der Waals surface area contributed by atoms with Crippen molar-refractivity contribution in [2.45, 2.75) is 13.5 Å². The van der Waals surface area contributed by atoms with Gasteiger partial charge in [-0.05, 0) is 19.1 Å². The predicted molar refractivity (Wildman–Crippen MR) is 88.8 cm³/mol. The zero-order valence-electron chi connectivity index (χ0n) is 13.2. The van der Waals surface area contributed by atoms with Gasteiger partial charge in [-0.15, -0.1) is 5.92 Å². The van der Waals surface area contributed by atoms with Gasteiger partial charge in [0, 0.05) is 11.6 Å². The van der Waals surface area contributed by atoms with E-state index in [1.807, 2.05) is 36.4 Å². The molecule has 1 amide bonds. The second-order valence-electron chi connectivity index (χ2n) is 5.11. The van der Waals surface area contributed by atoms with Gasteiger partial charge >= 0.3 is 0 Å². The highest BCUT2D eigenvalue weighted by molar-refractivity contribution is 5.93. The van der Waals surface area contributed by atoms with Gasteiger partial charge in [0.25, 0.3) is 5.91 Å². The lowest BCUT2D eigenvalue weighted by Gasteiger charge is -2.17. The number of furan rings is 1. The summed E-state index contributed by atoms with van der Waals surface area (Å²) in [6.45, 7) is 2.36. The molecule has 0 radical (unpaired) electrons. The second kappa shape index (κ2) is 7.34. The maximum atomic E-state index is 12.7. The molecule has 0 atom stereocenters. The molecule has 5 nitrogen and oxygen atoms in total.